The molecule has 0 heterocycles. The van der Waals surface area contributed by atoms with Crippen molar-refractivity contribution in [1.29, 1.82) is 0 Å². The van der Waals surface area contributed by atoms with Crippen LogP contribution in [0.2, 0.25) is 0 Å². The summed E-state index contributed by atoms with van der Waals surface area (Å²) in [6.07, 6.45) is 68.6. The van der Waals surface area contributed by atoms with Gasteiger partial charge in [-0.2, -0.15) is 0 Å². The molecule has 0 aliphatic rings. The number of hydrogen-bond acceptors (Lipinski definition) is 3. The summed E-state index contributed by atoms with van der Waals surface area (Å²) in [4.78, 5) is 12.2. The number of aliphatic hydroxyl groups excluding tert-OH is 2. The normalized spacial score (nSPS) is 14.4. The third-order valence-electron chi connectivity index (χ3n) is 8.43. The van der Waals surface area contributed by atoms with Crippen molar-refractivity contribution in [2.24, 2.45) is 0 Å². The molecule has 296 valence electrons. The number of amides is 1. The van der Waals surface area contributed by atoms with Crippen molar-refractivity contribution >= 4 is 5.91 Å². The first kappa shape index (κ1) is 49.5. The molecule has 0 aromatic rings. The Bertz CT molecular complexity index is 1140. The number of rotatable bonds is 35. The summed E-state index contributed by atoms with van der Waals surface area (Å²) in [6.45, 7) is 4.09. The Balaban J connectivity index is 3.70. The first-order valence-electron chi connectivity index (χ1n) is 20.9. The largest absolute Gasteiger partial charge is 0.394 e. The van der Waals surface area contributed by atoms with Crippen LogP contribution in [-0.4, -0.2) is 34.9 Å². The van der Waals surface area contributed by atoms with Crippen LogP contribution in [-0.2, 0) is 4.79 Å². The van der Waals surface area contributed by atoms with E-state index < -0.39 is 12.1 Å². The zero-order chi connectivity index (χ0) is 38.6. The Morgan fingerprint density at radius 3 is 1.19 bits per heavy atom. The molecule has 4 nitrogen and oxygen atoms in total. The van der Waals surface area contributed by atoms with Gasteiger partial charge < -0.3 is 15.5 Å². The van der Waals surface area contributed by atoms with Crippen molar-refractivity contribution < 1.29 is 15.0 Å². The predicted octanol–water partition coefficient (Wildman–Crippen LogP) is 13.2. The van der Waals surface area contributed by atoms with E-state index >= 15 is 0 Å². The zero-order valence-corrected chi connectivity index (χ0v) is 33.7. The summed E-state index contributed by atoms with van der Waals surface area (Å²) in [6, 6.07) is -0.559. The molecule has 4 heteroatoms. The highest BCUT2D eigenvalue weighted by atomic mass is 16.3. The van der Waals surface area contributed by atoms with E-state index in [1.54, 1.807) is 0 Å². The molecular formula is C49H77NO3. The summed E-state index contributed by atoms with van der Waals surface area (Å²) >= 11 is 0. The summed E-state index contributed by atoms with van der Waals surface area (Å²) in [7, 11) is 0. The maximum absolute atomic E-state index is 12.2. The van der Waals surface area contributed by atoms with Gasteiger partial charge in [-0.3, -0.25) is 4.79 Å². The van der Waals surface area contributed by atoms with Crippen LogP contribution in [0.15, 0.2) is 134 Å². The maximum atomic E-state index is 12.2. The van der Waals surface area contributed by atoms with Gasteiger partial charge in [0.05, 0.1) is 18.8 Å². The van der Waals surface area contributed by atoms with Crippen molar-refractivity contribution in [2.45, 2.75) is 161 Å². The summed E-state index contributed by atoms with van der Waals surface area (Å²) in [5.74, 6) is -0.0806. The quantitative estimate of drug-likeness (QED) is 0.0450. The second kappa shape index (κ2) is 42.9. The van der Waals surface area contributed by atoms with Gasteiger partial charge in [0.15, 0.2) is 0 Å². The van der Waals surface area contributed by atoms with Crippen LogP contribution < -0.4 is 5.32 Å². The second-order valence-electron chi connectivity index (χ2n) is 13.3. The van der Waals surface area contributed by atoms with E-state index in [1.165, 1.54) is 0 Å². The Hall–Kier alpha value is -3.47. The van der Waals surface area contributed by atoms with Crippen molar-refractivity contribution in [3.63, 3.8) is 0 Å². The molecule has 1 amide bonds. The molecule has 0 saturated heterocycles. The molecule has 0 aromatic heterocycles. The van der Waals surface area contributed by atoms with Crippen molar-refractivity contribution in [3.05, 3.63) is 134 Å². The van der Waals surface area contributed by atoms with E-state index in [-0.39, 0.29) is 12.5 Å². The van der Waals surface area contributed by atoms with Crippen LogP contribution in [0.5, 0.6) is 0 Å². The minimum absolute atomic E-state index is 0.0806. The van der Waals surface area contributed by atoms with Gasteiger partial charge in [-0.1, -0.05) is 180 Å². The second-order valence-corrected chi connectivity index (χ2v) is 13.3. The number of hydrogen-bond donors (Lipinski definition) is 3. The van der Waals surface area contributed by atoms with Crippen LogP contribution in [0.3, 0.4) is 0 Å². The van der Waals surface area contributed by atoms with Gasteiger partial charge in [0.2, 0.25) is 5.91 Å². The topological polar surface area (TPSA) is 69.6 Å². The molecule has 0 aliphatic carbocycles. The minimum Gasteiger partial charge on any atom is -0.394 e. The highest BCUT2D eigenvalue weighted by Crippen LogP contribution is 2.10. The van der Waals surface area contributed by atoms with Gasteiger partial charge in [0, 0.05) is 6.42 Å². The van der Waals surface area contributed by atoms with E-state index in [4.69, 9.17) is 0 Å². The lowest BCUT2D eigenvalue weighted by atomic mass is 10.0. The predicted molar refractivity (Wildman–Crippen MR) is 234 cm³/mol. The van der Waals surface area contributed by atoms with Gasteiger partial charge in [0.25, 0.3) is 0 Å². The SMILES string of the molecule is CC/C=C\C/C=C\C/C=C\C/C=C\C/C=C\C/C=C\C/C=C\C/C=C\C/C=C\C/C=C\C/C=C\CCCCCC(=O)NC(CO)C(O)CCCCCC. The minimum atomic E-state index is -0.678. The average molecular weight is 728 g/mol. The van der Waals surface area contributed by atoms with Gasteiger partial charge >= 0.3 is 0 Å². The zero-order valence-electron chi connectivity index (χ0n) is 33.7. The van der Waals surface area contributed by atoms with Crippen molar-refractivity contribution in [1.82, 2.24) is 5.32 Å². The molecular weight excluding hydrogens is 651 g/mol. The van der Waals surface area contributed by atoms with E-state index in [0.29, 0.717) is 12.8 Å². The lowest BCUT2D eigenvalue weighted by molar-refractivity contribution is -0.123. The standard InChI is InChI=1S/C49H77NO3/c1-3-5-7-9-10-11-12-13-14-15-16-17-18-19-20-21-22-23-24-25-26-27-28-29-30-31-32-33-34-35-36-37-38-39-40-41-43-45-49(53)50-47(46-51)48(52)44-42-8-6-4-2/h5,7,10-11,13-14,16-17,19-20,22-23,25-26,28-29,31-32,34-35,37-38,47-48,51-52H,3-4,6,8-9,12,15,18,21,24,27,30,33,36,39-46H2,1-2H3,(H,50,53)/b7-5-,11-10-,14-13-,17-16-,20-19-,23-22-,26-25-,29-28-,32-31-,35-34-,38-37-. The molecule has 2 atom stereocenters. The number of unbranched alkanes of at least 4 members (excludes halogenated alkanes) is 6. The van der Waals surface area contributed by atoms with E-state index in [9.17, 15) is 15.0 Å². The van der Waals surface area contributed by atoms with E-state index in [1.807, 2.05) is 0 Å². The molecule has 0 spiro atoms. The third kappa shape index (κ3) is 39.6. The molecule has 0 aliphatic heterocycles. The molecule has 0 rings (SSSR count). The third-order valence-corrected chi connectivity index (χ3v) is 8.43. The molecule has 0 aromatic carbocycles. The highest BCUT2D eigenvalue weighted by Gasteiger charge is 2.19. The number of carbonyl (C=O) groups excluding carboxylic acids is 1. The van der Waals surface area contributed by atoms with Crippen LogP contribution in [0.1, 0.15) is 149 Å². The summed E-state index contributed by atoms with van der Waals surface area (Å²) < 4.78 is 0. The smallest absolute Gasteiger partial charge is 0.220 e. The lowest BCUT2D eigenvalue weighted by Crippen LogP contribution is -2.45. The van der Waals surface area contributed by atoms with Crippen molar-refractivity contribution in [2.75, 3.05) is 6.61 Å². The number of allylic oxidation sites excluding steroid dienone is 22. The Morgan fingerprint density at radius 2 is 0.830 bits per heavy atom. The van der Waals surface area contributed by atoms with Crippen LogP contribution in [0.25, 0.3) is 0 Å². The number of nitrogens with one attached hydrogen (secondary N) is 1. The average Bonchev–Trinajstić information content (AvgIpc) is 3.16. The fraction of sp³-hybridized carbons (Fsp3) is 0.531. The van der Waals surface area contributed by atoms with Crippen LogP contribution in [0.4, 0.5) is 0 Å². The number of aliphatic hydroxyl groups is 2. The summed E-state index contributed by atoms with van der Waals surface area (Å²) in [5, 5.41) is 22.6. The van der Waals surface area contributed by atoms with Gasteiger partial charge in [-0.25, -0.2) is 0 Å². The van der Waals surface area contributed by atoms with Gasteiger partial charge in [-0.15, -0.1) is 0 Å². The fourth-order valence-electron chi connectivity index (χ4n) is 5.24. The fourth-order valence-corrected chi connectivity index (χ4v) is 5.24. The molecule has 0 radical (unpaired) electrons. The summed E-state index contributed by atoms with van der Waals surface area (Å²) in [5.41, 5.74) is 0. The molecule has 3 N–H and O–H groups in total. The molecule has 53 heavy (non-hydrogen) atoms. The van der Waals surface area contributed by atoms with Crippen LogP contribution >= 0.6 is 0 Å². The molecule has 0 fully saturated rings. The Labute approximate surface area is 326 Å². The van der Waals surface area contributed by atoms with Crippen LogP contribution in [0, 0.1) is 0 Å². The molecule has 0 bridgehead atoms. The lowest BCUT2D eigenvalue weighted by Gasteiger charge is -2.22. The first-order chi connectivity index (χ1) is 26.2. The van der Waals surface area contributed by atoms with E-state index in [0.717, 1.165) is 122 Å². The first-order valence-corrected chi connectivity index (χ1v) is 20.9. The van der Waals surface area contributed by atoms with Gasteiger partial charge in [0.1, 0.15) is 0 Å². The maximum Gasteiger partial charge on any atom is 0.220 e. The highest BCUT2D eigenvalue weighted by molar-refractivity contribution is 5.76. The van der Waals surface area contributed by atoms with Crippen molar-refractivity contribution in [3.8, 4) is 0 Å². The van der Waals surface area contributed by atoms with E-state index in [2.05, 4.69) is 153 Å². The number of carbonyl (C=O) groups is 1. The van der Waals surface area contributed by atoms with Gasteiger partial charge in [-0.05, 0) is 96.3 Å². The molecule has 0 saturated carbocycles. The Morgan fingerprint density at radius 1 is 0.472 bits per heavy atom. The molecule has 2 unspecified atom stereocenters. The Kier molecular flexibility index (Phi) is 40.1. The monoisotopic (exact) mass is 728 g/mol.